The van der Waals surface area contributed by atoms with E-state index in [4.69, 9.17) is 9.15 Å². The van der Waals surface area contributed by atoms with Crippen LogP contribution in [0.1, 0.15) is 10.6 Å². The number of piperazine rings is 1. The number of amides is 3. The van der Waals surface area contributed by atoms with E-state index in [2.05, 4.69) is 5.32 Å². The molecule has 8 heteroatoms. The van der Waals surface area contributed by atoms with E-state index in [9.17, 15) is 14.0 Å². The van der Waals surface area contributed by atoms with Crippen LogP contribution in [0.15, 0.2) is 47.1 Å². The lowest BCUT2D eigenvalue weighted by Gasteiger charge is -2.34. The molecule has 0 aliphatic carbocycles. The van der Waals surface area contributed by atoms with Gasteiger partial charge >= 0.3 is 6.03 Å². The molecule has 0 bridgehead atoms. The smallest absolute Gasteiger partial charge is 0.317 e. The average molecular weight is 361 g/mol. The summed E-state index contributed by atoms with van der Waals surface area (Å²) in [7, 11) is 0. The first kappa shape index (κ1) is 17.8. The normalized spacial score (nSPS) is 14.2. The molecule has 0 saturated carbocycles. The van der Waals surface area contributed by atoms with Crippen molar-refractivity contribution in [2.45, 2.75) is 0 Å². The Hall–Kier alpha value is -3.03. The van der Waals surface area contributed by atoms with Crippen molar-refractivity contribution in [2.24, 2.45) is 0 Å². The Kier molecular flexibility index (Phi) is 5.73. The van der Waals surface area contributed by atoms with E-state index in [1.54, 1.807) is 34.1 Å². The van der Waals surface area contributed by atoms with Gasteiger partial charge in [-0.15, -0.1) is 0 Å². The third-order valence-corrected chi connectivity index (χ3v) is 4.06. The van der Waals surface area contributed by atoms with Crippen LogP contribution >= 0.6 is 0 Å². The molecular weight excluding hydrogens is 341 g/mol. The van der Waals surface area contributed by atoms with Crippen molar-refractivity contribution >= 4 is 11.9 Å². The van der Waals surface area contributed by atoms with E-state index in [-0.39, 0.29) is 30.8 Å². The Balaban J connectivity index is 1.37. The number of rotatable bonds is 5. The molecule has 1 aliphatic heterocycles. The third kappa shape index (κ3) is 4.33. The number of ether oxygens (including phenoxy) is 1. The molecule has 0 spiro atoms. The van der Waals surface area contributed by atoms with Crippen LogP contribution in [0.2, 0.25) is 0 Å². The molecule has 1 N–H and O–H groups in total. The van der Waals surface area contributed by atoms with Gasteiger partial charge in [-0.25, -0.2) is 9.18 Å². The number of nitrogens with zero attached hydrogens (tertiary/aromatic N) is 2. The van der Waals surface area contributed by atoms with E-state index in [1.807, 2.05) is 0 Å². The molecule has 1 aliphatic rings. The lowest BCUT2D eigenvalue weighted by atomic mass is 10.3. The molecule has 0 unspecified atom stereocenters. The quantitative estimate of drug-likeness (QED) is 0.826. The molecule has 2 aromatic rings. The van der Waals surface area contributed by atoms with Gasteiger partial charge in [-0.1, -0.05) is 12.1 Å². The van der Waals surface area contributed by atoms with Crippen LogP contribution in [0, 0.1) is 5.82 Å². The first-order chi connectivity index (χ1) is 12.6. The molecule has 1 saturated heterocycles. The van der Waals surface area contributed by atoms with Crippen molar-refractivity contribution in [1.82, 2.24) is 15.1 Å². The van der Waals surface area contributed by atoms with E-state index >= 15 is 0 Å². The van der Waals surface area contributed by atoms with E-state index < -0.39 is 5.82 Å². The van der Waals surface area contributed by atoms with Crippen molar-refractivity contribution in [3.63, 3.8) is 0 Å². The molecule has 3 amide bonds. The number of benzene rings is 1. The van der Waals surface area contributed by atoms with E-state index in [0.717, 1.165) is 0 Å². The maximum absolute atomic E-state index is 13.4. The SMILES string of the molecule is O=C(NCCOc1ccccc1F)N1CCN(C(=O)c2ccco2)CC1. The molecular formula is C18H20FN3O4. The second-order valence-electron chi connectivity index (χ2n) is 5.77. The Bertz CT molecular complexity index is 743. The van der Waals surface area contributed by atoms with Crippen LogP contribution in [-0.4, -0.2) is 61.1 Å². The fourth-order valence-electron chi connectivity index (χ4n) is 2.66. The summed E-state index contributed by atoms with van der Waals surface area (Å²) in [5, 5.41) is 2.73. The molecule has 7 nitrogen and oxygen atoms in total. The molecule has 2 heterocycles. The van der Waals surface area contributed by atoms with Crippen LogP contribution in [0.25, 0.3) is 0 Å². The summed E-state index contributed by atoms with van der Waals surface area (Å²) in [6.07, 6.45) is 1.46. The van der Waals surface area contributed by atoms with Crippen molar-refractivity contribution in [1.29, 1.82) is 0 Å². The number of para-hydroxylation sites is 1. The van der Waals surface area contributed by atoms with Crippen LogP contribution in [0.3, 0.4) is 0 Å². The first-order valence-electron chi connectivity index (χ1n) is 8.38. The Morgan fingerprint density at radius 1 is 1.08 bits per heavy atom. The minimum Gasteiger partial charge on any atom is -0.489 e. The van der Waals surface area contributed by atoms with Crippen LogP contribution in [0.5, 0.6) is 5.75 Å². The minimum atomic E-state index is -0.434. The van der Waals surface area contributed by atoms with E-state index in [0.29, 0.717) is 31.9 Å². The highest BCUT2D eigenvalue weighted by Gasteiger charge is 2.25. The molecule has 26 heavy (non-hydrogen) atoms. The van der Waals surface area contributed by atoms with Crippen LogP contribution in [0.4, 0.5) is 9.18 Å². The highest BCUT2D eigenvalue weighted by atomic mass is 19.1. The first-order valence-corrected chi connectivity index (χ1v) is 8.38. The van der Waals surface area contributed by atoms with Crippen LogP contribution in [-0.2, 0) is 0 Å². The van der Waals surface area contributed by atoms with Crippen LogP contribution < -0.4 is 10.1 Å². The Labute approximate surface area is 150 Å². The van der Waals surface area contributed by atoms with Gasteiger partial charge in [-0.3, -0.25) is 4.79 Å². The topological polar surface area (TPSA) is 75.0 Å². The van der Waals surface area contributed by atoms with Crippen molar-refractivity contribution < 1.29 is 23.1 Å². The number of furan rings is 1. The van der Waals surface area contributed by atoms with Gasteiger partial charge in [0.1, 0.15) is 6.61 Å². The summed E-state index contributed by atoms with van der Waals surface area (Å²) in [5.41, 5.74) is 0. The Morgan fingerprint density at radius 2 is 1.81 bits per heavy atom. The van der Waals surface area contributed by atoms with Gasteiger partial charge < -0.3 is 24.3 Å². The van der Waals surface area contributed by atoms with Gasteiger partial charge in [-0.05, 0) is 24.3 Å². The lowest BCUT2D eigenvalue weighted by Crippen LogP contribution is -2.53. The fraction of sp³-hybridized carbons (Fsp3) is 0.333. The number of hydrogen-bond acceptors (Lipinski definition) is 4. The molecule has 3 rings (SSSR count). The third-order valence-electron chi connectivity index (χ3n) is 4.06. The largest absolute Gasteiger partial charge is 0.489 e. The second-order valence-corrected chi connectivity index (χ2v) is 5.77. The van der Waals surface area contributed by atoms with Crippen molar-refractivity contribution in [3.05, 3.63) is 54.2 Å². The maximum Gasteiger partial charge on any atom is 0.317 e. The Morgan fingerprint density at radius 3 is 2.50 bits per heavy atom. The molecule has 0 atom stereocenters. The van der Waals surface area contributed by atoms with Gasteiger partial charge in [0, 0.05) is 26.2 Å². The number of carbonyl (C=O) groups excluding carboxylic acids is 2. The fourth-order valence-corrected chi connectivity index (χ4v) is 2.66. The van der Waals surface area contributed by atoms with Gasteiger partial charge in [0.15, 0.2) is 17.3 Å². The summed E-state index contributed by atoms with van der Waals surface area (Å²) in [5.74, 6) is -0.149. The number of urea groups is 1. The summed E-state index contributed by atoms with van der Waals surface area (Å²) >= 11 is 0. The predicted octanol–water partition coefficient (Wildman–Crippen LogP) is 1.97. The standard InChI is InChI=1S/C18H20FN3O4/c19-14-4-1-2-5-15(14)26-13-7-20-18(24)22-10-8-21(9-11-22)17(23)16-6-3-12-25-16/h1-6,12H,7-11,13H2,(H,20,24). The monoisotopic (exact) mass is 361 g/mol. The molecule has 1 fully saturated rings. The van der Waals surface area contributed by atoms with E-state index in [1.165, 1.54) is 18.4 Å². The van der Waals surface area contributed by atoms with Gasteiger partial charge in [0.25, 0.3) is 5.91 Å². The molecule has 1 aromatic carbocycles. The lowest BCUT2D eigenvalue weighted by molar-refractivity contribution is 0.0634. The highest BCUT2D eigenvalue weighted by molar-refractivity contribution is 5.91. The number of carbonyl (C=O) groups is 2. The van der Waals surface area contributed by atoms with Gasteiger partial charge in [0.2, 0.25) is 0 Å². The maximum atomic E-state index is 13.4. The molecule has 1 aromatic heterocycles. The minimum absolute atomic E-state index is 0.159. The average Bonchev–Trinajstić information content (AvgIpc) is 3.20. The van der Waals surface area contributed by atoms with Gasteiger partial charge in [-0.2, -0.15) is 0 Å². The second kappa shape index (κ2) is 8.37. The summed E-state index contributed by atoms with van der Waals surface area (Å²) < 4.78 is 23.8. The summed E-state index contributed by atoms with van der Waals surface area (Å²) in [6.45, 7) is 2.19. The van der Waals surface area contributed by atoms with Crippen molar-refractivity contribution in [3.8, 4) is 5.75 Å². The number of hydrogen-bond donors (Lipinski definition) is 1. The number of nitrogens with one attached hydrogen (secondary N) is 1. The summed E-state index contributed by atoms with van der Waals surface area (Å²) in [4.78, 5) is 27.6. The summed E-state index contributed by atoms with van der Waals surface area (Å²) in [6, 6.07) is 9.18. The van der Waals surface area contributed by atoms with Gasteiger partial charge in [0.05, 0.1) is 12.8 Å². The zero-order valence-corrected chi connectivity index (χ0v) is 14.2. The molecule has 138 valence electrons. The zero-order valence-electron chi connectivity index (χ0n) is 14.2. The molecule has 0 radical (unpaired) electrons. The zero-order chi connectivity index (χ0) is 18.4. The predicted molar refractivity (Wildman–Crippen MR) is 91.5 cm³/mol. The van der Waals surface area contributed by atoms with Crippen molar-refractivity contribution in [2.75, 3.05) is 39.3 Å². The number of halogens is 1. The highest BCUT2D eigenvalue weighted by Crippen LogP contribution is 2.14.